The van der Waals surface area contributed by atoms with Crippen molar-refractivity contribution in [3.63, 3.8) is 0 Å². The van der Waals surface area contributed by atoms with Crippen LogP contribution < -0.4 is 5.32 Å². The van der Waals surface area contributed by atoms with Crippen LogP contribution in [0, 0.1) is 0 Å². The summed E-state index contributed by atoms with van der Waals surface area (Å²) in [4.78, 5) is 11.5. The van der Waals surface area contributed by atoms with E-state index >= 15 is 0 Å². The van der Waals surface area contributed by atoms with Crippen molar-refractivity contribution in [3.05, 3.63) is 48.2 Å². The third-order valence-electron chi connectivity index (χ3n) is 2.34. The van der Waals surface area contributed by atoms with Crippen molar-refractivity contribution < 1.29 is 9.53 Å². The van der Waals surface area contributed by atoms with Crippen LogP contribution in [-0.4, -0.2) is 13.1 Å². The molecule has 0 bridgehead atoms. The van der Waals surface area contributed by atoms with Gasteiger partial charge in [0.25, 0.3) is 0 Å². The van der Waals surface area contributed by atoms with E-state index in [9.17, 15) is 4.79 Å². The largest absolute Gasteiger partial charge is 0.465 e. The van der Waals surface area contributed by atoms with Gasteiger partial charge in [-0.2, -0.15) is 0 Å². The fourth-order valence-electron chi connectivity index (χ4n) is 1.57. The van der Waals surface area contributed by atoms with Crippen LogP contribution in [0.1, 0.15) is 11.1 Å². The zero-order valence-corrected chi connectivity index (χ0v) is 8.41. The predicted octanol–water partition coefficient (Wildman–Crippen LogP) is 1.77. The van der Waals surface area contributed by atoms with Gasteiger partial charge in [0.2, 0.25) is 0 Å². The first-order valence-corrected chi connectivity index (χ1v) is 4.57. The fraction of sp³-hybridized carbons (Fsp3) is 0.0833. The predicted molar refractivity (Wildman–Crippen MR) is 58.6 cm³/mol. The Kier molecular flexibility index (Phi) is 2.29. The minimum atomic E-state index is -0.345. The van der Waals surface area contributed by atoms with Crippen LogP contribution in [0.4, 0.5) is 0 Å². The number of hydrogen-bond donors (Lipinski definition) is 1. The van der Waals surface area contributed by atoms with Crippen molar-refractivity contribution in [1.29, 1.82) is 0 Å². The van der Waals surface area contributed by atoms with E-state index in [0.717, 1.165) is 16.8 Å². The van der Waals surface area contributed by atoms with Gasteiger partial charge in [-0.25, -0.2) is 4.79 Å². The molecule has 0 saturated carbocycles. The maximum atomic E-state index is 11.5. The molecule has 0 radical (unpaired) electrons. The number of rotatable bonds is 1. The highest BCUT2D eigenvalue weighted by molar-refractivity contribution is 6.18. The molecule has 76 valence electrons. The van der Waals surface area contributed by atoms with Gasteiger partial charge in [0.05, 0.1) is 12.7 Å². The molecule has 0 aromatic heterocycles. The molecule has 0 unspecified atom stereocenters. The average Bonchev–Trinajstić information content (AvgIpc) is 2.29. The van der Waals surface area contributed by atoms with Gasteiger partial charge in [-0.1, -0.05) is 30.8 Å². The van der Waals surface area contributed by atoms with E-state index in [-0.39, 0.29) is 5.97 Å². The van der Waals surface area contributed by atoms with Crippen LogP contribution in [0.25, 0.3) is 11.3 Å². The maximum absolute atomic E-state index is 11.5. The highest BCUT2D eigenvalue weighted by Crippen LogP contribution is 2.27. The first-order valence-electron chi connectivity index (χ1n) is 4.57. The lowest BCUT2D eigenvalue weighted by atomic mass is 9.96. The van der Waals surface area contributed by atoms with Gasteiger partial charge in [-0.3, -0.25) is 0 Å². The van der Waals surface area contributed by atoms with E-state index in [1.807, 2.05) is 24.3 Å². The molecule has 0 aliphatic carbocycles. The van der Waals surface area contributed by atoms with E-state index in [0.29, 0.717) is 5.57 Å². The molecule has 0 amide bonds. The molecule has 0 fully saturated rings. The maximum Gasteiger partial charge on any atom is 0.339 e. The minimum absolute atomic E-state index is 0.345. The van der Waals surface area contributed by atoms with Gasteiger partial charge in [0, 0.05) is 17.5 Å². The summed E-state index contributed by atoms with van der Waals surface area (Å²) in [5.41, 5.74) is 3.10. The number of methoxy groups -OCH3 is 1. The molecule has 0 saturated heterocycles. The quantitative estimate of drug-likeness (QED) is 0.704. The number of esters is 1. The van der Waals surface area contributed by atoms with Crippen molar-refractivity contribution in [2.45, 2.75) is 0 Å². The molecule has 2 rings (SSSR count). The first-order chi connectivity index (χ1) is 7.24. The Balaban J connectivity index is 2.54. The summed E-state index contributed by atoms with van der Waals surface area (Å²) < 4.78 is 4.70. The second-order valence-corrected chi connectivity index (χ2v) is 3.22. The number of carbonyl (C=O) groups excluding carboxylic acids is 1. The number of benzene rings is 1. The first kappa shape index (κ1) is 9.52. The Hall–Kier alpha value is -2.03. The molecule has 1 aliphatic rings. The number of nitrogens with one attached hydrogen (secondary N) is 1. The molecule has 1 aromatic rings. The minimum Gasteiger partial charge on any atom is -0.465 e. The average molecular weight is 201 g/mol. The normalized spacial score (nSPS) is 13.7. The molecule has 0 spiro atoms. The zero-order valence-electron chi connectivity index (χ0n) is 8.41. The summed E-state index contributed by atoms with van der Waals surface area (Å²) in [6, 6.07) is 7.59. The van der Waals surface area contributed by atoms with Crippen LogP contribution in [0.15, 0.2) is 37.0 Å². The van der Waals surface area contributed by atoms with E-state index < -0.39 is 0 Å². The molecule has 3 heteroatoms. The third-order valence-corrected chi connectivity index (χ3v) is 2.34. The van der Waals surface area contributed by atoms with Crippen LogP contribution in [0.5, 0.6) is 0 Å². The molecule has 1 aliphatic heterocycles. The fourth-order valence-corrected chi connectivity index (χ4v) is 1.57. The second-order valence-electron chi connectivity index (χ2n) is 3.22. The van der Waals surface area contributed by atoms with E-state index in [1.165, 1.54) is 7.11 Å². The molecule has 1 aromatic carbocycles. The molecule has 15 heavy (non-hydrogen) atoms. The standard InChI is InChI=1S/C12H11NO2/c1-8-9-5-3-4-6-10(9)11(7-13-8)12(14)15-2/h3-7,13H,1H2,2H3. The number of hydrogen-bond acceptors (Lipinski definition) is 3. The van der Waals surface area contributed by atoms with Gasteiger partial charge in [-0.15, -0.1) is 0 Å². The topological polar surface area (TPSA) is 38.3 Å². The smallest absolute Gasteiger partial charge is 0.339 e. The Bertz CT molecular complexity index is 460. The van der Waals surface area contributed by atoms with Gasteiger partial charge in [-0.05, 0) is 5.56 Å². The highest BCUT2D eigenvalue weighted by atomic mass is 16.5. The Morgan fingerprint density at radius 1 is 1.33 bits per heavy atom. The van der Waals surface area contributed by atoms with Crippen molar-refractivity contribution in [1.82, 2.24) is 5.32 Å². The van der Waals surface area contributed by atoms with Crippen LogP contribution in [0.2, 0.25) is 0 Å². The van der Waals surface area contributed by atoms with Crippen LogP contribution >= 0.6 is 0 Å². The molecular weight excluding hydrogens is 190 g/mol. The lowest BCUT2D eigenvalue weighted by molar-refractivity contribution is -0.133. The lowest BCUT2D eigenvalue weighted by Gasteiger charge is -2.18. The summed E-state index contributed by atoms with van der Waals surface area (Å²) >= 11 is 0. The van der Waals surface area contributed by atoms with E-state index in [2.05, 4.69) is 11.9 Å². The number of fused-ring (bicyclic) bond motifs is 1. The van der Waals surface area contributed by atoms with Gasteiger partial charge < -0.3 is 10.1 Å². The zero-order chi connectivity index (χ0) is 10.8. The summed E-state index contributed by atoms with van der Waals surface area (Å²) in [5, 5.41) is 2.95. The molecular formula is C12H11NO2. The van der Waals surface area contributed by atoms with Crippen molar-refractivity contribution in [2.75, 3.05) is 7.11 Å². The second kappa shape index (κ2) is 3.61. The van der Waals surface area contributed by atoms with Crippen molar-refractivity contribution >= 4 is 17.2 Å². The Morgan fingerprint density at radius 3 is 2.67 bits per heavy atom. The lowest BCUT2D eigenvalue weighted by Crippen LogP contribution is -2.16. The van der Waals surface area contributed by atoms with Gasteiger partial charge in [0.15, 0.2) is 0 Å². The van der Waals surface area contributed by atoms with Gasteiger partial charge in [0.1, 0.15) is 0 Å². The van der Waals surface area contributed by atoms with Gasteiger partial charge >= 0.3 is 5.97 Å². The molecule has 1 heterocycles. The number of ether oxygens (including phenoxy) is 1. The summed E-state index contributed by atoms with van der Waals surface area (Å²) in [7, 11) is 1.37. The molecule has 0 atom stereocenters. The Labute approximate surface area is 88.1 Å². The third kappa shape index (κ3) is 1.52. The molecule has 3 nitrogen and oxygen atoms in total. The highest BCUT2D eigenvalue weighted by Gasteiger charge is 2.20. The Morgan fingerprint density at radius 2 is 2.00 bits per heavy atom. The van der Waals surface area contributed by atoms with E-state index in [1.54, 1.807) is 6.20 Å². The summed E-state index contributed by atoms with van der Waals surface area (Å²) in [6.07, 6.45) is 1.62. The van der Waals surface area contributed by atoms with Crippen molar-refractivity contribution in [2.24, 2.45) is 0 Å². The van der Waals surface area contributed by atoms with Crippen LogP contribution in [-0.2, 0) is 9.53 Å². The SMILES string of the molecule is C=C1NC=C(C(=O)OC)c2ccccc21. The molecule has 1 N–H and O–H groups in total. The summed E-state index contributed by atoms with van der Waals surface area (Å²) in [6.45, 7) is 3.87. The number of carbonyl (C=O) groups is 1. The van der Waals surface area contributed by atoms with Crippen molar-refractivity contribution in [3.8, 4) is 0 Å². The monoisotopic (exact) mass is 201 g/mol. The van der Waals surface area contributed by atoms with E-state index in [4.69, 9.17) is 4.74 Å². The van der Waals surface area contributed by atoms with Crippen LogP contribution in [0.3, 0.4) is 0 Å². The summed E-state index contributed by atoms with van der Waals surface area (Å²) in [5.74, 6) is -0.345.